The highest BCUT2D eigenvalue weighted by Crippen LogP contribution is 2.60. The van der Waals surface area contributed by atoms with Gasteiger partial charge in [0.15, 0.2) is 0 Å². The number of carboxylic acid groups (broad SMARTS) is 1. The first-order valence-corrected chi connectivity index (χ1v) is 9.92. The summed E-state index contributed by atoms with van der Waals surface area (Å²) < 4.78 is 12.3. The molecule has 0 atom stereocenters. The topological polar surface area (TPSA) is 55.8 Å². The van der Waals surface area contributed by atoms with Crippen molar-refractivity contribution in [2.45, 2.75) is 50.7 Å². The van der Waals surface area contributed by atoms with E-state index < -0.39 is 5.97 Å². The molecule has 4 rings (SSSR count). The quantitative estimate of drug-likeness (QED) is 0.596. The third kappa shape index (κ3) is 4.28. The summed E-state index contributed by atoms with van der Waals surface area (Å²) in [5.74, 6) is 0.772. The lowest BCUT2D eigenvalue weighted by molar-refractivity contribution is -0.131. The van der Waals surface area contributed by atoms with Crippen LogP contribution in [0.4, 0.5) is 0 Å². The van der Waals surface area contributed by atoms with Gasteiger partial charge < -0.3 is 14.6 Å². The van der Waals surface area contributed by atoms with Crippen LogP contribution in [0.25, 0.3) is 0 Å². The predicted octanol–water partition coefficient (Wildman–Crippen LogP) is 5.73. The Morgan fingerprint density at radius 3 is 2.50 bits per heavy atom. The number of rotatable bonds is 8. The van der Waals surface area contributed by atoms with Gasteiger partial charge in [-0.05, 0) is 73.8 Å². The van der Waals surface area contributed by atoms with Crippen molar-refractivity contribution < 1.29 is 19.4 Å². The summed E-state index contributed by atoms with van der Waals surface area (Å²) in [4.78, 5) is 10.7. The van der Waals surface area contributed by atoms with Gasteiger partial charge in [-0.25, -0.2) is 4.79 Å². The van der Waals surface area contributed by atoms with Gasteiger partial charge in [-0.15, -0.1) is 0 Å². The molecule has 0 amide bonds. The number of aliphatic carboxylic acids is 1. The molecular weight excluding hydrogens is 352 g/mol. The van der Waals surface area contributed by atoms with Gasteiger partial charge in [0.05, 0.1) is 12.2 Å². The molecule has 0 heterocycles. The van der Waals surface area contributed by atoms with Crippen molar-refractivity contribution in [3.8, 4) is 11.5 Å². The molecule has 2 aromatic rings. The normalized spacial score (nSPS) is 26.0. The van der Waals surface area contributed by atoms with E-state index in [-0.39, 0.29) is 11.0 Å². The average Bonchev–Trinajstić information content (AvgIpc) is 3.24. The fraction of sp³-hybridized carbons (Fsp3) is 0.375. The minimum atomic E-state index is -0.868. The molecule has 146 valence electrons. The first-order valence-electron chi connectivity index (χ1n) is 9.92. The predicted molar refractivity (Wildman–Crippen MR) is 107 cm³/mol. The van der Waals surface area contributed by atoms with Crippen LogP contribution in [0.15, 0.2) is 66.7 Å². The molecular formula is C24H26O4. The Kier molecular flexibility index (Phi) is 5.23. The molecule has 4 nitrogen and oxygen atoms in total. The average molecular weight is 378 g/mol. The zero-order valence-corrected chi connectivity index (χ0v) is 16.0. The van der Waals surface area contributed by atoms with E-state index in [2.05, 4.69) is 6.07 Å². The lowest BCUT2D eigenvalue weighted by Crippen LogP contribution is -2.26. The van der Waals surface area contributed by atoms with E-state index in [0.717, 1.165) is 55.6 Å². The number of para-hydroxylation sites is 1. The van der Waals surface area contributed by atoms with Gasteiger partial charge in [-0.3, -0.25) is 0 Å². The van der Waals surface area contributed by atoms with E-state index >= 15 is 0 Å². The molecule has 0 aromatic heterocycles. The van der Waals surface area contributed by atoms with Crippen molar-refractivity contribution in [1.29, 1.82) is 0 Å². The van der Waals surface area contributed by atoms with Gasteiger partial charge in [-0.1, -0.05) is 36.4 Å². The van der Waals surface area contributed by atoms with Gasteiger partial charge in [-0.2, -0.15) is 0 Å². The fourth-order valence-corrected chi connectivity index (χ4v) is 4.71. The number of fused-ring (bicyclic) bond motifs is 2. The highest BCUT2D eigenvalue weighted by molar-refractivity contribution is 5.79. The zero-order valence-electron chi connectivity index (χ0n) is 16.0. The summed E-state index contributed by atoms with van der Waals surface area (Å²) in [5.41, 5.74) is 1.29. The summed E-state index contributed by atoms with van der Waals surface area (Å²) in [6, 6.07) is 17.8. The standard InChI is InChI=1S/C24H26O4/c25-22(26)10-5-11-23-12-14-24(18-23,15-13-23)27-17-19-6-4-9-21(16-19)28-20-7-2-1-3-8-20/h1-10,16H,11-15,17-18H2,(H,25,26)/b10-5+. The number of ether oxygens (including phenoxy) is 2. The van der Waals surface area contributed by atoms with Crippen molar-refractivity contribution >= 4 is 5.97 Å². The minimum Gasteiger partial charge on any atom is -0.478 e. The van der Waals surface area contributed by atoms with Crippen molar-refractivity contribution in [3.05, 3.63) is 72.3 Å². The lowest BCUT2D eigenvalue weighted by atomic mass is 9.81. The second-order valence-electron chi connectivity index (χ2n) is 8.16. The Labute approximate surface area is 165 Å². The molecule has 2 aliphatic rings. The second-order valence-corrected chi connectivity index (χ2v) is 8.16. The molecule has 0 spiro atoms. The molecule has 4 heteroatoms. The Bertz CT molecular complexity index is 848. The molecule has 2 bridgehead atoms. The summed E-state index contributed by atoms with van der Waals surface area (Å²) in [5, 5.41) is 8.81. The van der Waals surface area contributed by atoms with E-state index in [1.807, 2.05) is 54.6 Å². The van der Waals surface area contributed by atoms with Crippen LogP contribution in [0.2, 0.25) is 0 Å². The van der Waals surface area contributed by atoms with E-state index in [0.29, 0.717) is 6.61 Å². The third-order valence-corrected chi connectivity index (χ3v) is 6.15. The van der Waals surface area contributed by atoms with Gasteiger partial charge in [0, 0.05) is 6.08 Å². The summed E-state index contributed by atoms with van der Waals surface area (Å²) in [6.07, 6.45) is 9.32. The number of hydrogen-bond acceptors (Lipinski definition) is 3. The fourth-order valence-electron chi connectivity index (χ4n) is 4.71. The molecule has 0 unspecified atom stereocenters. The van der Waals surface area contributed by atoms with Crippen LogP contribution in [0.3, 0.4) is 0 Å². The molecule has 2 saturated carbocycles. The summed E-state index contributed by atoms with van der Waals surface area (Å²) >= 11 is 0. The van der Waals surface area contributed by atoms with Gasteiger partial charge in [0.1, 0.15) is 11.5 Å². The molecule has 28 heavy (non-hydrogen) atoms. The Morgan fingerprint density at radius 2 is 1.75 bits per heavy atom. The molecule has 2 fully saturated rings. The summed E-state index contributed by atoms with van der Waals surface area (Å²) in [7, 11) is 0. The van der Waals surface area contributed by atoms with Crippen LogP contribution in [-0.2, 0) is 16.1 Å². The second kappa shape index (κ2) is 7.80. The van der Waals surface area contributed by atoms with E-state index in [9.17, 15) is 4.79 Å². The van der Waals surface area contributed by atoms with Gasteiger partial charge in [0.25, 0.3) is 0 Å². The molecule has 0 saturated heterocycles. The number of carboxylic acids is 1. The maximum Gasteiger partial charge on any atom is 0.327 e. The van der Waals surface area contributed by atoms with Crippen LogP contribution in [-0.4, -0.2) is 16.7 Å². The van der Waals surface area contributed by atoms with Gasteiger partial charge >= 0.3 is 5.97 Å². The molecule has 1 N–H and O–H groups in total. The van der Waals surface area contributed by atoms with Crippen molar-refractivity contribution in [2.75, 3.05) is 0 Å². The third-order valence-electron chi connectivity index (χ3n) is 6.15. The van der Waals surface area contributed by atoms with E-state index in [4.69, 9.17) is 14.6 Å². The SMILES string of the molecule is O=C(O)/C=C/CC12CCC(OCc3cccc(Oc4ccccc4)c3)(CC1)C2. The van der Waals surface area contributed by atoms with Crippen molar-refractivity contribution in [1.82, 2.24) is 0 Å². The molecule has 2 aromatic carbocycles. The van der Waals surface area contributed by atoms with Crippen molar-refractivity contribution in [3.63, 3.8) is 0 Å². The molecule has 0 aliphatic heterocycles. The first kappa shape index (κ1) is 18.8. The zero-order chi connectivity index (χ0) is 19.5. The largest absolute Gasteiger partial charge is 0.478 e. The molecule has 0 radical (unpaired) electrons. The Balaban J connectivity index is 1.35. The minimum absolute atomic E-state index is 0.0483. The Hall–Kier alpha value is -2.59. The first-order chi connectivity index (χ1) is 13.6. The van der Waals surface area contributed by atoms with Crippen LogP contribution < -0.4 is 4.74 Å². The monoisotopic (exact) mass is 378 g/mol. The van der Waals surface area contributed by atoms with Crippen LogP contribution >= 0.6 is 0 Å². The summed E-state index contributed by atoms with van der Waals surface area (Å²) in [6.45, 7) is 0.576. The Morgan fingerprint density at radius 1 is 1.00 bits per heavy atom. The smallest absolute Gasteiger partial charge is 0.327 e. The number of benzene rings is 2. The number of carbonyl (C=O) groups is 1. The maximum atomic E-state index is 10.7. The van der Waals surface area contributed by atoms with E-state index in [1.54, 1.807) is 0 Å². The highest BCUT2D eigenvalue weighted by Gasteiger charge is 2.54. The number of hydrogen-bond donors (Lipinski definition) is 1. The number of allylic oxidation sites excluding steroid dienone is 1. The maximum absolute atomic E-state index is 10.7. The van der Waals surface area contributed by atoms with Crippen molar-refractivity contribution in [2.24, 2.45) is 5.41 Å². The highest BCUT2D eigenvalue weighted by atomic mass is 16.5. The lowest BCUT2D eigenvalue weighted by Gasteiger charge is -2.27. The van der Waals surface area contributed by atoms with Gasteiger partial charge in [0.2, 0.25) is 0 Å². The van der Waals surface area contributed by atoms with Crippen LogP contribution in [0.5, 0.6) is 11.5 Å². The molecule has 2 aliphatic carbocycles. The van der Waals surface area contributed by atoms with Crippen LogP contribution in [0.1, 0.15) is 44.1 Å². The van der Waals surface area contributed by atoms with Crippen LogP contribution in [0, 0.1) is 5.41 Å². The van der Waals surface area contributed by atoms with E-state index in [1.165, 1.54) is 6.08 Å².